The van der Waals surface area contributed by atoms with Gasteiger partial charge in [0, 0.05) is 18.6 Å². The van der Waals surface area contributed by atoms with Gasteiger partial charge in [0.05, 0.1) is 0 Å². The molecule has 2 atom stereocenters. The van der Waals surface area contributed by atoms with Crippen molar-refractivity contribution in [1.29, 1.82) is 0 Å². The Labute approximate surface area is 111 Å². The maximum absolute atomic E-state index is 3.67. The molecule has 0 radical (unpaired) electrons. The Morgan fingerprint density at radius 2 is 2.22 bits per heavy atom. The van der Waals surface area contributed by atoms with E-state index in [1.54, 1.807) is 0 Å². The normalized spacial score (nSPS) is 20.4. The molecule has 2 nitrogen and oxygen atoms in total. The lowest BCUT2D eigenvalue weighted by molar-refractivity contribution is 0.420. The molecule has 2 unspecified atom stereocenters. The van der Waals surface area contributed by atoms with Crippen LogP contribution in [0.2, 0.25) is 0 Å². The summed E-state index contributed by atoms with van der Waals surface area (Å²) in [6.45, 7) is 6.70. The molecule has 100 valence electrons. The van der Waals surface area contributed by atoms with E-state index in [-0.39, 0.29) is 0 Å². The molecule has 1 heterocycles. The fraction of sp³-hybridized carbons (Fsp3) is 0.625. The van der Waals surface area contributed by atoms with Crippen LogP contribution < -0.4 is 10.6 Å². The second-order valence-electron chi connectivity index (χ2n) is 5.41. The minimum absolute atomic E-state index is 0.485. The summed E-state index contributed by atoms with van der Waals surface area (Å²) in [7, 11) is 0. The summed E-state index contributed by atoms with van der Waals surface area (Å²) >= 11 is 0. The largest absolute Gasteiger partial charge is 0.312 e. The third-order valence-corrected chi connectivity index (χ3v) is 3.88. The van der Waals surface area contributed by atoms with Gasteiger partial charge in [-0.25, -0.2) is 0 Å². The average Bonchev–Trinajstić information content (AvgIpc) is 2.42. The predicted octanol–water partition coefficient (Wildman–Crippen LogP) is 3.04. The van der Waals surface area contributed by atoms with Crippen molar-refractivity contribution in [2.24, 2.45) is 0 Å². The molecule has 2 N–H and O–H groups in total. The summed E-state index contributed by atoms with van der Waals surface area (Å²) < 4.78 is 0. The number of nitrogens with one attached hydrogen (secondary N) is 2. The molecular formula is C16H26N2. The van der Waals surface area contributed by atoms with Crippen molar-refractivity contribution in [3.8, 4) is 0 Å². The third kappa shape index (κ3) is 3.56. The van der Waals surface area contributed by atoms with Crippen LogP contribution in [0.1, 0.15) is 50.3 Å². The summed E-state index contributed by atoms with van der Waals surface area (Å²) in [5.74, 6) is 0. The molecule has 0 spiro atoms. The molecule has 0 bridgehead atoms. The maximum Gasteiger partial charge on any atom is 0.0449 e. The van der Waals surface area contributed by atoms with E-state index in [0.29, 0.717) is 12.1 Å². The Hall–Kier alpha value is -0.860. The van der Waals surface area contributed by atoms with Crippen molar-refractivity contribution in [2.45, 2.75) is 51.6 Å². The molecule has 0 saturated carbocycles. The van der Waals surface area contributed by atoms with E-state index in [0.717, 1.165) is 19.5 Å². The minimum Gasteiger partial charge on any atom is -0.312 e. The first-order chi connectivity index (χ1) is 8.81. The van der Waals surface area contributed by atoms with Gasteiger partial charge in [-0.1, -0.05) is 44.0 Å². The zero-order chi connectivity index (χ0) is 12.8. The van der Waals surface area contributed by atoms with E-state index in [1.807, 2.05) is 0 Å². The number of rotatable bonds is 6. The lowest BCUT2D eigenvalue weighted by Gasteiger charge is -2.28. The molecule has 1 aromatic carbocycles. The first kappa shape index (κ1) is 13.6. The van der Waals surface area contributed by atoms with Gasteiger partial charge in [-0.05, 0) is 37.4 Å². The van der Waals surface area contributed by atoms with Crippen molar-refractivity contribution in [2.75, 3.05) is 13.1 Å². The molecule has 0 aromatic heterocycles. The summed E-state index contributed by atoms with van der Waals surface area (Å²) in [4.78, 5) is 0. The SMILES string of the molecule is CCCCC(C)NCC1NCCc2ccccc21. The Morgan fingerprint density at radius 3 is 3.06 bits per heavy atom. The summed E-state index contributed by atoms with van der Waals surface area (Å²) in [6, 6.07) is 9.95. The summed E-state index contributed by atoms with van der Waals surface area (Å²) in [6.07, 6.45) is 5.06. The molecule has 2 heteroatoms. The van der Waals surface area contributed by atoms with Crippen LogP contribution in [0.3, 0.4) is 0 Å². The standard InChI is InChI=1S/C16H26N2/c1-3-4-7-13(2)18-12-16-15-9-6-5-8-14(15)10-11-17-16/h5-6,8-9,13,16-18H,3-4,7,10-12H2,1-2H3. The average molecular weight is 246 g/mol. The fourth-order valence-electron chi connectivity index (χ4n) is 2.71. The highest BCUT2D eigenvalue weighted by molar-refractivity contribution is 5.32. The van der Waals surface area contributed by atoms with Gasteiger partial charge in [-0.2, -0.15) is 0 Å². The number of fused-ring (bicyclic) bond motifs is 1. The molecule has 0 saturated heterocycles. The predicted molar refractivity (Wildman–Crippen MR) is 77.9 cm³/mol. The molecule has 0 amide bonds. The zero-order valence-electron chi connectivity index (χ0n) is 11.7. The molecule has 0 fully saturated rings. The third-order valence-electron chi connectivity index (χ3n) is 3.88. The molecule has 1 aromatic rings. The van der Waals surface area contributed by atoms with Crippen molar-refractivity contribution >= 4 is 0 Å². The topological polar surface area (TPSA) is 24.1 Å². The second kappa shape index (κ2) is 6.91. The van der Waals surface area contributed by atoms with Crippen LogP contribution in [0.5, 0.6) is 0 Å². The van der Waals surface area contributed by atoms with Crippen LogP contribution in [0.15, 0.2) is 24.3 Å². The van der Waals surface area contributed by atoms with Gasteiger partial charge in [-0.3, -0.25) is 0 Å². The Bertz CT molecular complexity index is 362. The monoisotopic (exact) mass is 246 g/mol. The van der Waals surface area contributed by atoms with E-state index in [2.05, 4.69) is 48.7 Å². The Morgan fingerprint density at radius 1 is 1.39 bits per heavy atom. The molecule has 1 aliphatic heterocycles. The van der Waals surface area contributed by atoms with Crippen molar-refractivity contribution in [3.63, 3.8) is 0 Å². The Balaban J connectivity index is 1.87. The van der Waals surface area contributed by atoms with Crippen LogP contribution in [-0.4, -0.2) is 19.1 Å². The van der Waals surface area contributed by atoms with Crippen molar-refractivity contribution < 1.29 is 0 Å². The molecule has 18 heavy (non-hydrogen) atoms. The van der Waals surface area contributed by atoms with E-state index in [9.17, 15) is 0 Å². The second-order valence-corrected chi connectivity index (χ2v) is 5.41. The quantitative estimate of drug-likeness (QED) is 0.806. The highest BCUT2D eigenvalue weighted by Gasteiger charge is 2.18. The lowest BCUT2D eigenvalue weighted by atomic mass is 9.94. The van der Waals surface area contributed by atoms with E-state index in [4.69, 9.17) is 0 Å². The number of hydrogen-bond donors (Lipinski definition) is 2. The van der Waals surface area contributed by atoms with E-state index in [1.165, 1.54) is 30.4 Å². The number of unbranched alkanes of at least 4 members (excludes halogenated alkanes) is 1. The first-order valence-corrected chi connectivity index (χ1v) is 7.35. The number of benzene rings is 1. The zero-order valence-corrected chi connectivity index (χ0v) is 11.7. The van der Waals surface area contributed by atoms with Crippen molar-refractivity contribution in [1.82, 2.24) is 10.6 Å². The molecular weight excluding hydrogens is 220 g/mol. The molecule has 1 aliphatic rings. The van der Waals surface area contributed by atoms with Crippen LogP contribution in [0, 0.1) is 0 Å². The smallest absolute Gasteiger partial charge is 0.0449 e. The fourth-order valence-corrected chi connectivity index (χ4v) is 2.71. The highest BCUT2D eigenvalue weighted by Crippen LogP contribution is 2.22. The van der Waals surface area contributed by atoms with Gasteiger partial charge in [-0.15, -0.1) is 0 Å². The number of hydrogen-bond acceptors (Lipinski definition) is 2. The minimum atomic E-state index is 0.485. The maximum atomic E-state index is 3.67. The van der Waals surface area contributed by atoms with Gasteiger partial charge in [0.2, 0.25) is 0 Å². The van der Waals surface area contributed by atoms with Crippen LogP contribution in [0.25, 0.3) is 0 Å². The highest BCUT2D eigenvalue weighted by atomic mass is 15.0. The van der Waals surface area contributed by atoms with Crippen LogP contribution >= 0.6 is 0 Å². The molecule has 0 aliphatic carbocycles. The van der Waals surface area contributed by atoms with Gasteiger partial charge >= 0.3 is 0 Å². The summed E-state index contributed by atoms with van der Waals surface area (Å²) in [5, 5.41) is 7.29. The molecule has 2 rings (SSSR count). The van der Waals surface area contributed by atoms with Gasteiger partial charge in [0.25, 0.3) is 0 Å². The van der Waals surface area contributed by atoms with Crippen molar-refractivity contribution in [3.05, 3.63) is 35.4 Å². The van der Waals surface area contributed by atoms with Gasteiger partial charge < -0.3 is 10.6 Å². The summed E-state index contributed by atoms with van der Waals surface area (Å²) in [5.41, 5.74) is 3.00. The van der Waals surface area contributed by atoms with Gasteiger partial charge in [0.1, 0.15) is 0 Å². The Kier molecular flexibility index (Phi) is 5.21. The first-order valence-electron chi connectivity index (χ1n) is 7.35. The lowest BCUT2D eigenvalue weighted by Crippen LogP contribution is -2.39. The van der Waals surface area contributed by atoms with Gasteiger partial charge in [0.15, 0.2) is 0 Å². The van der Waals surface area contributed by atoms with E-state index < -0.39 is 0 Å². The van der Waals surface area contributed by atoms with E-state index >= 15 is 0 Å². The van der Waals surface area contributed by atoms with Crippen LogP contribution in [0.4, 0.5) is 0 Å². The van der Waals surface area contributed by atoms with Crippen LogP contribution in [-0.2, 0) is 6.42 Å².